The van der Waals surface area contributed by atoms with Crippen LogP contribution in [-0.2, 0) is 0 Å². The SMILES string of the molecule is CC(C)(C)[C@@H]1CCCN1C1CCCCCC1. The fourth-order valence-electron chi connectivity index (χ4n) is 3.75. The van der Waals surface area contributed by atoms with Crippen LogP contribution in [0.4, 0.5) is 0 Å². The largest absolute Gasteiger partial charge is 0.297 e. The average Bonchev–Trinajstić information content (AvgIpc) is 2.55. The minimum atomic E-state index is 0.475. The molecular formula is C15H29N. The number of likely N-dealkylation sites (tertiary alicyclic amines) is 1. The first kappa shape index (κ1) is 12.4. The van der Waals surface area contributed by atoms with Crippen molar-refractivity contribution in [2.45, 2.75) is 84.2 Å². The van der Waals surface area contributed by atoms with E-state index in [-0.39, 0.29) is 0 Å². The van der Waals surface area contributed by atoms with E-state index < -0.39 is 0 Å². The van der Waals surface area contributed by atoms with E-state index in [0.717, 1.165) is 12.1 Å². The van der Waals surface area contributed by atoms with Gasteiger partial charge in [0, 0.05) is 12.1 Å². The van der Waals surface area contributed by atoms with Gasteiger partial charge in [-0.05, 0) is 37.6 Å². The Bertz CT molecular complexity index is 208. The number of nitrogens with zero attached hydrogens (tertiary/aromatic N) is 1. The molecule has 0 N–H and O–H groups in total. The van der Waals surface area contributed by atoms with Crippen molar-refractivity contribution in [3.63, 3.8) is 0 Å². The van der Waals surface area contributed by atoms with E-state index >= 15 is 0 Å². The van der Waals surface area contributed by atoms with Crippen molar-refractivity contribution in [3.05, 3.63) is 0 Å². The number of hydrogen-bond acceptors (Lipinski definition) is 1. The summed E-state index contributed by atoms with van der Waals surface area (Å²) in [5.41, 5.74) is 0.475. The second-order valence-electron chi connectivity index (χ2n) is 6.91. The first-order valence-electron chi connectivity index (χ1n) is 7.35. The quantitative estimate of drug-likeness (QED) is 0.602. The molecule has 2 aliphatic rings. The van der Waals surface area contributed by atoms with E-state index in [0.29, 0.717) is 5.41 Å². The summed E-state index contributed by atoms with van der Waals surface area (Å²) >= 11 is 0. The molecule has 1 aliphatic carbocycles. The zero-order chi connectivity index (χ0) is 11.6. The van der Waals surface area contributed by atoms with Crippen molar-refractivity contribution in [3.8, 4) is 0 Å². The van der Waals surface area contributed by atoms with Crippen LogP contribution in [0.1, 0.15) is 72.1 Å². The second kappa shape index (κ2) is 5.08. The van der Waals surface area contributed by atoms with E-state index in [9.17, 15) is 0 Å². The fraction of sp³-hybridized carbons (Fsp3) is 1.00. The molecule has 1 saturated heterocycles. The minimum Gasteiger partial charge on any atom is -0.297 e. The molecular weight excluding hydrogens is 194 g/mol. The predicted molar refractivity (Wildman–Crippen MR) is 70.7 cm³/mol. The maximum absolute atomic E-state index is 2.87. The van der Waals surface area contributed by atoms with Crippen molar-refractivity contribution in [1.29, 1.82) is 0 Å². The lowest BCUT2D eigenvalue weighted by atomic mass is 9.84. The molecule has 1 saturated carbocycles. The molecule has 0 amide bonds. The predicted octanol–water partition coefficient (Wildman–Crippen LogP) is 4.22. The van der Waals surface area contributed by atoms with Crippen molar-refractivity contribution < 1.29 is 0 Å². The molecule has 0 unspecified atom stereocenters. The van der Waals surface area contributed by atoms with Crippen LogP contribution in [0, 0.1) is 5.41 Å². The summed E-state index contributed by atoms with van der Waals surface area (Å²) in [5.74, 6) is 0. The molecule has 94 valence electrons. The highest BCUT2D eigenvalue weighted by Gasteiger charge is 2.37. The highest BCUT2D eigenvalue weighted by Crippen LogP contribution is 2.36. The van der Waals surface area contributed by atoms with E-state index in [2.05, 4.69) is 25.7 Å². The lowest BCUT2D eigenvalue weighted by Crippen LogP contribution is -2.45. The van der Waals surface area contributed by atoms with Gasteiger partial charge >= 0.3 is 0 Å². The normalized spacial score (nSPS) is 30.6. The summed E-state index contributed by atoms with van der Waals surface area (Å²) < 4.78 is 0. The minimum absolute atomic E-state index is 0.475. The molecule has 16 heavy (non-hydrogen) atoms. The van der Waals surface area contributed by atoms with E-state index in [1.807, 2.05) is 0 Å². The van der Waals surface area contributed by atoms with Gasteiger partial charge in [-0.3, -0.25) is 4.90 Å². The Labute approximate surface area is 102 Å². The van der Waals surface area contributed by atoms with Gasteiger partial charge < -0.3 is 0 Å². The highest BCUT2D eigenvalue weighted by molar-refractivity contribution is 4.92. The van der Waals surface area contributed by atoms with Crippen LogP contribution in [-0.4, -0.2) is 23.5 Å². The Morgan fingerprint density at radius 3 is 2.00 bits per heavy atom. The van der Waals surface area contributed by atoms with Gasteiger partial charge in [-0.2, -0.15) is 0 Å². The average molecular weight is 223 g/mol. The molecule has 0 aromatic carbocycles. The van der Waals surface area contributed by atoms with Crippen LogP contribution in [0.15, 0.2) is 0 Å². The fourth-order valence-corrected chi connectivity index (χ4v) is 3.75. The highest BCUT2D eigenvalue weighted by atomic mass is 15.2. The van der Waals surface area contributed by atoms with Gasteiger partial charge in [0.2, 0.25) is 0 Å². The summed E-state index contributed by atoms with van der Waals surface area (Å²) in [7, 11) is 0. The smallest absolute Gasteiger partial charge is 0.0147 e. The molecule has 1 heteroatoms. The lowest BCUT2D eigenvalue weighted by molar-refractivity contribution is 0.0884. The Hall–Kier alpha value is -0.0400. The Morgan fingerprint density at radius 1 is 0.812 bits per heavy atom. The molecule has 0 radical (unpaired) electrons. The first-order chi connectivity index (χ1) is 7.59. The molecule has 1 atom stereocenters. The lowest BCUT2D eigenvalue weighted by Gasteiger charge is -2.40. The summed E-state index contributed by atoms with van der Waals surface area (Å²) in [4.78, 5) is 2.87. The summed E-state index contributed by atoms with van der Waals surface area (Å²) in [5, 5.41) is 0. The third-order valence-corrected chi connectivity index (χ3v) is 4.59. The molecule has 0 spiro atoms. The van der Waals surface area contributed by atoms with Crippen LogP contribution in [0.5, 0.6) is 0 Å². The molecule has 0 bridgehead atoms. The van der Waals surface area contributed by atoms with Crippen LogP contribution in [0.2, 0.25) is 0 Å². The Kier molecular flexibility index (Phi) is 3.94. The van der Waals surface area contributed by atoms with Gasteiger partial charge in [-0.15, -0.1) is 0 Å². The van der Waals surface area contributed by atoms with Crippen LogP contribution in [0.25, 0.3) is 0 Å². The van der Waals surface area contributed by atoms with E-state index in [1.54, 1.807) is 0 Å². The molecule has 2 rings (SSSR count). The molecule has 2 fully saturated rings. The van der Waals surface area contributed by atoms with Crippen LogP contribution >= 0.6 is 0 Å². The summed E-state index contributed by atoms with van der Waals surface area (Å²) in [6.45, 7) is 8.64. The van der Waals surface area contributed by atoms with Gasteiger partial charge in [0.05, 0.1) is 0 Å². The van der Waals surface area contributed by atoms with Crippen molar-refractivity contribution in [2.24, 2.45) is 5.41 Å². The molecule has 0 aromatic heterocycles. The number of rotatable bonds is 1. The number of hydrogen-bond donors (Lipinski definition) is 0. The first-order valence-corrected chi connectivity index (χ1v) is 7.35. The van der Waals surface area contributed by atoms with E-state index in [4.69, 9.17) is 0 Å². The van der Waals surface area contributed by atoms with Crippen LogP contribution in [0.3, 0.4) is 0 Å². The standard InChI is InChI=1S/C15H29N/c1-15(2,3)14-11-8-12-16(14)13-9-6-4-5-7-10-13/h13-14H,4-12H2,1-3H3/t14-/m0/s1. The summed E-state index contributed by atoms with van der Waals surface area (Å²) in [6, 6.07) is 1.75. The molecule has 0 aromatic rings. The van der Waals surface area contributed by atoms with Gasteiger partial charge in [-0.1, -0.05) is 46.5 Å². The van der Waals surface area contributed by atoms with Gasteiger partial charge in [0.15, 0.2) is 0 Å². The third kappa shape index (κ3) is 2.80. The topological polar surface area (TPSA) is 3.24 Å². The molecule has 1 heterocycles. The van der Waals surface area contributed by atoms with Crippen LogP contribution < -0.4 is 0 Å². The van der Waals surface area contributed by atoms with Gasteiger partial charge in [0.25, 0.3) is 0 Å². The second-order valence-corrected chi connectivity index (χ2v) is 6.91. The van der Waals surface area contributed by atoms with Gasteiger partial charge in [-0.25, -0.2) is 0 Å². The van der Waals surface area contributed by atoms with Crippen molar-refractivity contribution >= 4 is 0 Å². The molecule has 1 aliphatic heterocycles. The Morgan fingerprint density at radius 2 is 1.44 bits per heavy atom. The third-order valence-electron chi connectivity index (χ3n) is 4.59. The Balaban J connectivity index is 2.01. The van der Waals surface area contributed by atoms with Crippen molar-refractivity contribution in [1.82, 2.24) is 4.90 Å². The van der Waals surface area contributed by atoms with Crippen molar-refractivity contribution in [2.75, 3.05) is 6.54 Å². The monoisotopic (exact) mass is 223 g/mol. The zero-order valence-corrected chi connectivity index (χ0v) is 11.5. The maximum Gasteiger partial charge on any atom is 0.0147 e. The molecule has 1 nitrogen and oxygen atoms in total. The summed E-state index contributed by atoms with van der Waals surface area (Å²) in [6.07, 6.45) is 11.7. The van der Waals surface area contributed by atoms with Gasteiger partial charge in [0.1, 0.15) is 0 Å². The zero-order valence-electron chi connectivity index (χ0n) is 11.5. The van der Waals surface area contributed by atoms with E-state index in [1.165, 1.54) is 57.9 Å². The maximum atomic E-state index is 2.87.